The van der Waals surface area contributed by atoms with E-state index in [-0.39, 0.29) is 12.3 Å². The summed E-state index contributed by atoms with van der Waals surface area (Å²) in [6, 6.07) is 7.19. The van der Waals surface area contributed by atoms with Gasteiger partial charge in [0.15, 0.2) is 0 Å². The van der Waals surface area contributed by atoms with E-state index in [9.17, 15) is 9.59 Å². The molecule has 4 nitrogen and oxygen atoms in total. The average molecular weight is 312 g/mol. The van der Waals surface area contributed by atoms with E-state index >= 15 is 0 Å². The second-order valence-electron chi connectivity index (χ2n) is 5.09. The fourth-order valence-electron chi connectivity index (χ4n) is 2.06. The van der Waals surface area contributed by atoms with Crippen molar-refractivity contribution in [2.24, 2.45) is 0 Å². The maximum Gasteiger partial charge on any atom is 0.303 e. The lowest BCUT2D eigenvalue weighted by molar-refractivity contribution is -0.137. The van der Waals surface area contributed by atoms with Gasteiger partial charge in [-0.3, -0.25) is 9.59 Å². The molecule has 0 saturated heterocycles. The Bertz CT molecular complexity index is 459. The van der Waals surface area contributed by atoms with E-state index in [0.717, 1.165) is 31.4 Å². The fourth-order valence-corrected chi connectivity index (χ4v) is 2.19. The van der Waals surface area contributed by atoms with Crippen molar-refractivity contribution < 1.29 is 14.7 Å². The minimum Gasteiger partial charge on any atom is -0.481 e. The van der Waals surface area contributed by atoms with Crippen LogP contribution in [0, 0.1) is 0 Å². The largest absolute Gasteiger partial charge is 0.481 e. The number of nitrogens with zero attached hydrogens (tertiary/aromatic N) is 1. The molecule has 1 rings (SSSR count). The molecule has 5 heteroatoms. The Balaban J connectivity index is 2.18. The summed E-state index contributed by atoms with van der Waals surface area (Å²) in [6.45, 7) is 0. The van der Waals surface area contributed by atoms with Crippen molar-refractivity contribution in [2.45, 2.75) is 44.9 Å². The van der Waals surface area contributed by atoms with Gasteiger partial charge in [-0.1, -0.05) is 30.9 Å². The number of amides is 1. The summed E-state index contributed by atoms with van der Waals surface area (Å²) < 4.78 is 0. The van der Waals surface area contributed by atoms with Crippen molar-refractivity contribution in [1.82, 2.24) is 0 Å². The first kappa shape index (κ1) is 17.5. The second-order valence-corrected chi connectivity index (χ2v) is 5.53. The van der Waals surface area contributed by atoms with Gasteiger partial charge in [-0.2, -0.15) is 0 Å². The number of carboxylic acids is 1. The number of carbonyl (C=O) groups is 2. The molecular weight excluding hydrogens is 290 g/mol. The smallest absolute Gasteiger partial charge is 0.303 e. The highest BCUT2D eigenvalue weighted by molar-refractivity contribution is 6.30. The monoisotopic (exact) mass is 311 g/mol. The molecule has 0 atom stereocenters. The molecule has 0 spiro atoms. The van der Waals surface area contributed by atoms with Gasteiger partial charge >= 0.3 is 5.97 Å². The minimum atomic E-state index is -0.741. The van der Waals surface area contributed by atoms with Crippen molar-refractivity contribution in [1.29, 1.82) is 0 Å². The zero-order valence-corrected chi connectivity index (χ0v) is 13.1. The zero-order chi connectivity index (χ0) is 15.7. The van der Waals surface area contributed by atoms with Crippen LogP contribution in [0.15, 0.2) is 24.3 Å². The van der Waals surface area contributed by atoms with Crippen LogP contribution in [0.3, 0.4) is 0 Å². The number of aliphatic carboxylic acids is 1. The van der Waals surface area contributed by atoms with E-state index in [4.69, 9.17) is 16.7 Å². The number of rotatable bonds is 9. The van der Waals surface area contributed by atoms with Crippen molar-refractivity contribution in [3.8, 4) is 0 Å². The Kier molecular flexibility index (Phi) is 7.83. The second kappa shape index (κ2) is 9.40. The third-order valence-electron chi connectivity index (χ3n) is 3.37. The summed E-state index contributed by atoms with van der Waals surface area (Å²) in [5.74, 6) is -0.655. The first-order valence-electron chi connectivity index (χ1n) is 7.24. The number of carbonyl (C=O) groups excluding carboxylic acids is 1. The molecule has 0 aliphatic carbocycles. The number of halogens is 1. The van der Waals surface area contributed by atoms with Crippen molar-refractivity contribution in [2.75, 3.05) is 11.9 Å². The van der Waals surface area contributed by atoms with E-state index in [1.807, 2.05) is 12.1 Å². The maximum absolute atomic E-state index is 12.0. The zero-order valence-electron chi connectivity index (χ0n) is 12.3. The molecular formula is C16H22ClNO3. The first-order valence-corrected chi connectivity index (χ1v) is 7.62. The Morgan fingerprint density at radius 1 is 1.00 bits per heavy atom. The SMILES string of the molecule is CN(C(=O)CCCCCCCC(=O)O)c1ccc(Cl)cc1. The van der Waals surface area contributed by atoms with Crippen LogP contribution in [0.4, 0.5) is 5.69 Å². The van der Waals surface area contributed by atoms with Gasteiger partial charge in [0, 0.05) is 30.6 Å². The topological polar surface area (TPSA) is 57.6 Å². The highest BCUT2D eigenvalue weighted by atomic mass is 35.5. The Morgan fingerprint density at radius 2 is 1.52 bits per heavy atom. The summed E-state index contributed by atoms with van der Waals surface area (Å²) in [7, 11) is 1.76. The number of hydrogen-bond donors (Lipinski definition) is 1. The predicted molar refractivity (Wildman–Crippen MR) is 84.8 cm³/mol. The van der Waals surface area contributed by atoms with E-state index in [1.54, 1.807) is 24.1 Å². The molecule has 1 amide bonds. The lowest BCUT2D eigenvalue weighted by atomic mass is 10.1. The molecule has 0 heterocycles. The van der Waals surface area contributed by atoms with Crippen LogP contribution in [-0.2, 0) is 9.59 Å². The van der Waals surface area contributed by atoms with Gasteiger partial charge in [0.05, 0.1) is 0 Å². The Morgan fingerprint density at radius 3 is 2.10 bits per heavy atom. The summed E-state index contributed by atoms with van der Waals surface area (Å²) in [5, 5.41) is 9.17. The summed E-state index contributed by atoms with van der Waals surface area (Å²) in [6.07, 6.45) is 5.15. The molecule has 21 heavy (non-hydrogen) atoms. The molecule has 0 bridgehead atoms. The highest BCUT2D eigenvalue weighted by Crippen LogP contribution is 2.18. The Labute approximate surface area is 130 Å². The number of benzene rings is 1. The van der Waals surface area contributed by atoms with Crippen LogP contribution >= 0.6 is 11.6 Å². The third kappa shape index (κ3) is 7.14. The van der Waals surface area contributed by atoms with E-state index in [2.05, 4.69) is 0 Å². The van der Waals surface area contributed by atoms with Gasteiger partial charge in [-0.05, 0) is 37.1 Å². The van der Waals surface area contributed by atoms with Crippen molar-refractivity contribution in [3.05, 3.63) is 29.3 Å². The van der Waals surface area contributed by atoms with Crippen molar-refractivity contribution >= 4 is 29.2 Å². The van der Waals surface area contributed by atoms with Crippen LogP contribution in [0.2, 0.25) is 5.02 Å². The van der Waals surface area contributed by atoms with Gasteiger partial charge in [-0.25, -0.2) is 0 Å². The third-order valence-corrected chi connectivity index (χ3v) is 3.62. The lowest BCUT2D eigenvalue weighted by Crippen LogP contribution is -2.25. The molecule has 0 aromatic heterocycles. The maximum atomic E-state index is 12.0. The van der Waals surface area contributed by atoms with E-state index < -0.39 is 5.97 Å². The molecule has 0 radical (unpaired) electrons. The van der Waals surface area contributed by atoms with Gasteiger partial charge in [0.2, 0.25) is 5.91 Å². The van der Waals surface area contributed by atoms with Crippen LogP contribution in [0.1, 0.15) is 44.9 Å². The van der Waals surface area contributed by atoms with Gasteiger partial charge < -0.3 is 10.0 Å². The van der Waals surface area contributed by atoms with Crippen LogP contribution < -0.4 is 4.90 Å². The highest BCUT2D eigenvalue weighted by Gasteiger charge is 2.10. The van der Waals surface area contributed by atoms with Crippen LogP contribution in [0.5, 0.6) is 0 Å². The number of unbranched alkanes of at least 4 members (excludes halogenated alkanes) is 4. The average Bonchev–Trinajstić information content (AvgIpc) is 2.45. The molecule has 1 N–H and O–H groups in total. The summed E-state index contributed by atoms with van der Waals surface area (Å²) >= 11 is 5.82. The molecule has 0 fully saturated rings. The molecule has 0 aliphatic heterocycles. The summed E-state index contributed by atoms with van der Waals surface area (Å²) in [5.41, 5.74) is 0.839. The first-order chi connectivity index (χ1) is 10.0. The summed E-state index contributed by atoms with van der Waals surface area (Å²) in [4.78, 5) is 24.0. The van der Waals surface area contributed by atoms with Gasteiger partial charge in [0.25, 0.3) is 0 Å². The van der Waals surface area contributed by atoms with Gasteiger partial charge in [0.1, 0.15) is 0 Å². The minimum absolute atomic E-state index is 0.0860. The van der Waals surface area contributed by atoms with Crippen molar-refractivity contribution in [3.63, 3.8) is 0 Å². The number of carboxylic acid groups (broad SMARTS) is 1. The Hall–Kier alpha value is -1.55. The molecule has 1 aromatic carbocycles. The predicted octanol–water partition coefficient (Wildman–Crippen LogP) is 4.12. The van der Waals surface area contributed by atoms with Crippen LogP contribution in [-0.4, -0.2) is 24.0 Å². The molecule has 0 saturated carbocycles. The number of anilines is 1. The molecule has 1 aromatic rings. The van der Waals surface area contributed by atoms with E-state index in [1.165, 1.54) is 0 Å². The van der Waals surface area contributed by atoms with Gasteiger partial charge in [-0.15, -0.1) is 0 Å². The lowest BCUT2D eigenvalue weighted by Gasteiger charge is -2.17. The molecule has 0 aliphatic rings. The van der Waals surface area contributed by atoms with Crippen LogP contribution in [0.25, 0.3) is 0 Å². The normalized spacial score (nSPS) is 10.4. The quantitative estimate of drug-likeness (QED) is 0.698. The number of hydrogen-bond acceptors (Lipinski definition) is 2. The van der Waals surface area contributed by atoms with E-state index in [0.29, 0.717) is 17.9 Å². The standard InChI is InChI=1S/C16H22ClNO3/c1-18(14-11-9-13(17)10-12-14)15(19)7-5-3-2-4-6-8-16(20)21/h9-12H,2-8H2,1H3,(H,20,21). The molecule has 116 valence electrons. The fraction of sp³-hybridized carbons (Fsp3) is 0.500. The molecule has 0 unspecified atom stereocenters.